The van der Waals surface area contributed by atoms with Crippen LogP contribution in [0.2, 0.25) is 0 Å². The Labute approximate surface area is 154 Å². The second-order valence-corrected chi connectivity index (χ2v) is 8.57. The maximum Gasteiger partial charge on any atom is 0.267 e. The minimum atomic E-state index is -3.50. The van der Waals surface area contributed by atoms with Gasteiger partial charge in [0.2, 0.25) is 10.0 Å². The Morgan fingerprint density at radius 2 is 1.85 bits per heavy atom. The van der Waals surface area contributed by atoms with Crippen LogP contribution in [-0.4, -0.2) is 42.8 Å². The Bertz CT molecular complexity index is 853. The molecule has 0 radical (unpaired) electrons. The van der Waals surface area contributed by atoms with Crippen molar-refractivity contribution in [1.29, 1.82) is 0 Å². The van der Waals surface area contributed by atoms with Crippen LogP contribution in [0.25, 0.3) is 0 Å². The highest BCUT2D eigenvalue weighted by Gasteiger charge is 2.29. The van der Waals surface area contributed by atoms with E-state index in [1.807, 2.05) is 18.2 Å². The zero-order valence-electron chi connectivity index (χ0n) is 15.0. The number of sulfonamides is 1. The maximum absolute atomic E-state index is 12.6. The standard InChI is InChI=1S/C19H25N3O3S/c1-21-15-17(26(24,25)22-12-5-6-13-22)14-18(21)19(23)20-11-7-10-16-8-3-2-4-9-16/h2-4,8-9,14-15H,5-7,10-13H2,1H3,(H,20,23). The molecule has 26 heavy (non-hydrogen) atoms. The molecule has 0 unspecified atom stereocenters. The third-order valence-electron chi connectivity index (χ3n) is 4.69. The minimum Gasteiger partial charge on any atom is -0.351 e. The normalized spacial score (nSPS) is 15.3. The van der Waals surface area contributed by atoms with Crippen LogP contribution in [0.15, 0.2) is 47.5 Å². The van der Waals surface area contributed by atoms with Crippen molar-refractivity contribution >= 4 is 15.9 Å². The van der Waals surface area contributed by atoms with E-state index < -0.39 is 10.0 Å². The second-order valence-electron chi connectivity index (χ2n) is 6.63. The lowest BCUT2D eigenvalue weighted by molar-refractivity contribution is 0.0945. The summed E-state index contributed by atoms with van der Waals surface area (Å²) in [5.74, 6) is -0.247. The third-order valence-corrected chi connectivity index (χ3v) is 6.55. The molecule has 1 aromatic heterocycles. The topological polar surface area (TPSA) is 71.4 Å². The number of nitrogens with one attached hydrogen (secondary N) is 1. The van der Waals surface area contributed by atoms with E-state index in [9.17, 15) is 13.2 Å². The second kappa shape index (κ2) is 8.05. The lowest BCUT2D eigenvalue weighted by atomic mass is 10.1. The molecule has 0 spiro atoms. The number of hydrogen-bond donors (Lipinski definition) is 1. The summed E-state index contributed by atoms with van der Waals surface area (Å²) in [4.78, 5) is 12.6. The summed E-state index contributed by atoms with van der Waals surface area (Å²) < 4.78 is 28.3. The van der Waals surface area contributed by atoms with Crippen molar-refractivity contribution in [2.75, 3.05) is 19.6 Å². The molecule has 1 amide bonds. The molecule has 0 aliphatic carbocycles. The molecule has 2 aromatic rings. The molecule has 7 heteroatoms. The first-order valence-electron chi connectivity index (χ1n) is 8.97. The van der Waals surface area contributed by atoms with Gasteiger partial charge in [-0.15, -0.1) is 0 Å². The zero-order chi connectivity index (χ0) is 18.6. The highest BCUT2D eigenvalue weighted by Crippen LogP contribution is 2.22. The summed E-state index contributed by atoms with van der Waals surface area (Å²) in [6, 6.07) is 11.6. The highest BCUT2D eigenvalue weighted by atomic mass is 32.2. The van der Waals surface area contributed by atoms with Crippen LogP contribution in [0.3, 0.4) is 0 Å². The van der Waals surface area contributed by atoms with Gasteiger partial charge in [0.05, 0.1) is 0 Å². The zero-order valence-corrected chi connectivity index (χ0v) is 15.8. The van der Waals surface area contributed by atoms with Crippen LogP contribution >= 0.6 is 0 Å². The highest BCUT2D eigenvalue weighted by molar-refractivity contribution is 7.89. The van der Waals surface area contributed by atoms with Crippen molar-refractivity contribution < 1.29 is 13.2 Å². The van der Waals surface area contributed by atoms with E-state index in [-0.39, 0.29) is 10.8 Å². The SMILES string of the molecule is Cn1cc(S(=O)(=O)N2CCCC2)cc1C(=O)NCCCc1ccccc1. The minimum absolute atomic E-state index is 0.191. The van der Waals surface area contributed by atoms with E-state index in [1.54, 1.807) is 11.6 Å². The van der Waals surface area contributed by atoms with Crippen molar-refractivity contribution in [2.45, 2.75) is 30.6 Å². The molecule has 1 aliphatic rings. The van der Waals surface area contributed by atoms with Crippen molar-refractivity contribution in [2.24, 2.45) is 7.05 Å². The molecule has 3 rings (SSSR count). The fourth-order valence-corrected chi connectivity index (χ4v) is 4.80. The number of carbonyl (C=O) groups excluding carboxylic acids is 1. The average molecular weight is 375 g/mol. The molecule has 1 aromatic carbocycles. The summed E-state index contributed by atoms with van der Waals surface area (Å²) in [7, 11) is -1.81. The van der Waals surface area contributed by atoms with Gasteiger partial charge in [0.25, 0.3) is 5.91 Å². The number of aromatic nitrogens is 1. The van der Waals surface area contributed by atoms with Crippen molar-refractivity contribution in [3.8, 4) is 0 Å². The van der Waals surface area contributed by atoms with Gasteiger partial charge in [0.1, 0.15) is 10.6 Å². The predicted molar refractivity (Wildman–Crippen MR) is 101 cm³/mol. The maximum atomic E-state index is 12.6. The molecule has 2 heterocycles. The number of benzene rings is 1. The molecule has 6 nitrogen and oxygen atoms in total. The quantitative estimate of drug-likeness (QED) is 0.754. The number of rotatable bonds is 7. The number of aryl methyl sites for hydroxylation is 2. The fourth-order valence-electron chi connectivity index (χ4n) is 3.21. The molecule has 1 N–H and O–H groups in total. The van der Waals surface area contributed by atoms with Gasteiger partial charge in [0.15, 0.2) is 0 Å². The first kappa shape index (κ1) is 18.7. The fraction of sp³-hybridized carbons (Fsp3) is 0.421. The van der Waals surface area contributed by atoms with Crippen LogP contribution in [0, 0.1) is 0 Å². The van der Waals surface area contributed by atoms with Gasteiger partial charge >= 0.3 is 0 Å². The lowest BCUT2D eigenvalue weighted by Crippen LogP contribution is -2.27. The van der Waals surface area contributed by atoms with Crippen molar-refractivity contribution in [3.63, 3.8) is 0 Å². The Morgan fingerprint density at radius 1 is 1.15 bits per heavy atom. The Morgan fingerprint density at radius 3 is 2.54 bits per heavy atom. The Balaban J connectivity index is 1.58. The molecule has 0 saturated carbocycles. The molecule has 1 fully saturated rings. The molecule has 1 aliphatic heterocycles. The monoisotopic (exact) mass is 375 g/mol. The number of nitrogens with zero attached hydrogens (tertiary/aromatic N) is 2. The number of carbonyl (C=O) groups is 1. The first-order chi connectivity index (χ1) is 12.5. The third kappa shape index (κ3) is 4.16. The summed E-state index contributed by atoms with van der Waals surface area (Å²) >= 11 is 0. The molecule has 0 atom stereocenters. The van der Waals surface area contributed by atoms with Gasteiger partial charge in [-0.25, -0.2) is 8.42 Å². The molecule has 0 bridgehead atoms. The van der Waals surface area contributed by atoms with E-state index in [4.69, 9.17) is 0 Å². The number of hydrogen-bond acceptors (Lipinski definition) is 3. The Kier molecular flexibility index (Phi) is 5.78. The van der Waals surface area contributed by atoms with Gasteiger partial charge in [0, 0.05) is 32.9 Å². The molecular weight excluding hydrogens is 350 g/mol. The van der Waals surface area contributed by atoms with E-state index in [2.05, 4.69) is 17.4 Å². The lowest BCUT2D eigenvalue weighted by Gasteiger charge is -2.13. The van der Waals surface area contributed by atoms with E-state index in [0.29, 0.717) is 25.3 Å². The van der Waals surface area contributed by atoms with Crippen molar-refractivity contribution in [3.05, 3.63) is 53.9 Å². The van der Waals surface area contributed by atoms with Gasteiger partial charge in [-0.2, -0.15) is 4.31 Å². The summed E-state index contributed by atoms with van der Waals surface area (Å²) in [5, 5.41) is 2.88. The van der Waals surface area contributed by atoms with Crippen LogP contribution in [-0.2, 0) is 23.5 Å². The van der Waals surface area contributed by atoms with Crippen LogP contribution in [0.5, 0.6) is 0 Å². The number of amides is 1. The smallest absolute Gasteiger partial charge is 0.267 e. The average Bonchev–Trinajstić information content (AvgIpc) is 3.30. The van der Waals surface area contributed by atoms with Crippen LogP contribution < -0.4 is 5.32 Å². The summed E-state index contributed by atoms with van der Waals surface area (Å²) in [6.07, 6.45) is 5.02. The van der Waals surface area contributed by atoms with E-state index in [1.165, 1.54) is 22.1 Å². The Hall–Kier alpha value is -2.12. The predicted octanol–water partition coefficient (Wildman–Crippen LogP) is 2.17. The van der Waals surface area contributed by atoms with Gasteiger partial charge in [-0.1, -0.05) is 30.3 Å². The van der Waals surface area contributed by atoms with Crippen molar-refractivity contribution in [1.82, 2.24) is 14.2 Å². The van der Waals surface area contributed by atoms with Crippen LogP contribution in [0.1, 0.15) is 35.3 Å². The summed E-state index contributed by atoms with van der Waals surface area (Å²) in [6.45, 7) is 1.66. The summed E-state index contributed by atoms with van der Waals surface area (Å²) in [5.41, 5.74) is 1.60. The van der Waals surface area contributed by atoms with Gasteiger partial charge in [-0.05, 0) is 37.3 Å². The van der Waals surface area contributed by atoms with Crippen LogP contribution in [0.4, 0.5) is 0 Å². The van der Waals surface area contributed by atoms with Gasteiger partial charge in [-0.3, -0.25) is 4.79 Å². The van der Waals surface area contributed by atoms with E-state index >= 15 is 0 Å². The van der Waals surface area contributed by atoms with Gasteiger partial charge < -0.3 is 9.88 Å². The molecule has 1 saturated heterocycles. The first-order valence-corrected chi connectivity index (χ1v) is 10.4. The molecule has 140 valence electrons. The van der Waals surface area contributed by atoms with E-state index in [0.717, 1.165) is 25.7 Å². The largest absolute Gasteiger partial charge is 0.351 e. The molecular formula is C19H25N3O3S.